The molecule has 0 radical (unpaired) electrons. The van der Waals surface area contributed by atoms with Gasteiger partial charge in [-0.3, -0.25) is 4.79 Å². The quantitative estimate of drug-likeness (QED) is 0.335. The molecule has 0 spiro atoms. The molecule has 1 amide bonds. The Balaban J connectivity index is 1.18. The van der Waals surface area contributed by atoms with Crippen molar-refractivity contribution in [1.29, 1.82) is 0 Å². The van der Waals surface area contributed by atoms with Gasteiger partial charge in [-0.2, -0.15) is 5.10 Å². The molecule has 4 heterocycles. The predicted molar refractivity (Wildman–Crippen MR) is 148 cm³/mol. The highest BCUT2D eigenvalue weighted by Crippen LogP contribution is 2.35. The number of fused-ring (bicyclic) bond motifs is 1. The highest BCUT2D eigenvalue weighted by molar-refractivity contribution is 5.98. The summed E-state index contributed by atoms with van der Waals surface area (Å²) in [6.45, 7) is 3.38. The highest BCUT2D eigenvalue weighted by atomic mass is 16.5. The molecule has 2 saturated heterocycles. The topological polar surface area (TPSA) is 120 Å². The number of hydrogen-bond donors (Lipinski definition) is 2. The fraction of sp³-hybridized carbons (Fsp3) is 0.310. The number of rotatable bonds is 8. The molecule has 2 aliphatic heterocycles. The van der Waals surface area contributed by atoms with E-state index >= 15 is 0 Å². The first kappa shape index (κ1) is 25.0. The molecule has 2 atom stereocenters. The summed E-state index contributed by atoms with van der Waals surface area (Å²) >= 11 is 0. The predicted octanol–water partition coefficient (Wildman–Crippen LogP) is 3.58. The van der Waals surface area contributed by atoms with Crippen molar-refractivity contribution in [1.82, 2.24) is 30.0 Å². The lowest BCUT2D eigenvalue weighted by molar-refractivity contribution is -0.125. The van der Waals surface area contributed by atoms with Crippen LogP contribution < -0.4 is 15.8 Å². The molecule has 3 N–H and O–H groups in total. The lowest BCUT2D eigenvalue weighted by atomic mass is 10.1. The molecule has 0 bridgehead atoms. The Morgan fingerprint density at radius 1 is 1.10 bits per heavy atom. The molecule has 0 aliphatic carbocycles. The molecule has 6 rings (SSSR count). The van der Waals surface area contributed by atoms with Gasteiger partial charge < -0.3 is 25.4 Å². The van der Waals surface area contributed by atoms with Crippen LogP contribution in [0.15, 0.2) is 73.1 Å². The smallest absolute Gasteiger partial charge is 0.246 e. The molecule has 0 unspecified atom stereocenters. The van der Waals surface area contributed by atoms with Crippen molar-refractivity contribution in [2.24, 2.45) is 0 Å². The first-order valence-electron chi connectivity index (χ1n) is 13.2. The van der Waals surface area contributed by atoms with Crippen molar-refractivity contribution in [2.75, 3.05) is 38.6 Å². The Labute approximate surface area is 226 Å². The van der Waals surface area contributed by atoms with Crippen molar-refractivity contribution >= 4 is 22.8 Å². The van der Waals surface area contributed by atoms with E-state index in [4.69, 9.17) is 20.3 Å². The number of nitrogens with one attached hydrogen (secondary N) is 1. The maximum atomic E-state index is 12.8. The van der Waals surface area contributed by atoms with E-state index in [0.717, 1.165) is 43.1 Å². The highest BCUT2D eigenvalue weighted by Gasteiger charge is 2.30. The largest absolute Gasteiger partial charge is 0.457 e. The number of para-hydroxylation sites is 1. The lowest BCUT2D eigenvalue weighted by Crippen LogP contribution is -2.30. The summed E-state index contributed by atoms with van der Waals surface area (Å²) in [6.07, 6.45) is 6.78. The molecule has 2 fully saturated rings. The molecule has 39 heavy (non-hydrogen) atoms. The van der Waals surface area contributed by atoms with Gasteiger partial charge >= 0.3 is 0 Å². The van der Waals surface area contributed by atoms with Gasteiger partial charge in [0.1, 0.15) is 29.3 Å². The van der Waals surface area contributed by atoms with Crippen LogP contribution in [0.3, 0.4) is 0 Å². The van der Waals surface area contributed by atoms with Crippen LogP contribution in [0, 0.1) is 0 Å². The van der Waals surface area contributed by atoms with E-state index in [1.807, 2.05) is 70.3 Å². The van der Waals surface area contributed by atoms with Gasteiger partial charge in [0.2, 0.25) is 5.91 Å². The molecule has 0 saturated carbocycles. The zero-order chi connectivity index (χ0) is 26.6. The second-order valence-electron chi connectivity index (χ2n) is 9.79. The second kappa shape index (κ2) is 11.2. The minimum atomic E-state index is -0.0117. The summed E-state index contributed by atoms with van der Waals surface area (Å²) in [7, 11) is 0. The van der Waals surface area contributed by atoms with Gasteiger partial charge in [-0.05, 0) is 49.2 Å². The van der Waals surface area contributed by atoms with E-state index in [1.54, 1.807) is 6.08 Å². The molecule has 10 heteroatoms. The number of hydrogen-bond acceptors (Lipinski definition) is 8. The van der Waals surface area contributed by atoms with Crippen LogP contribution in [0.4, 0.5) is 5.82 Å². The maximum absolute atomic E-state index is 12.8. The fourth-order valence-corrected chi connectivity index (χ4v) is 5.09. The minimum Gasteiger partial charge on any atom is -0.457 e. The number of anilines is 1. The van der Waals surface area contributed by atoms with Gasteiger partial charge in [0.15, 0.2) is 5.65 Å². The van der Waals surface area contributed by atoms with Crippen molar-refractivity contribution in [3.63, 3.8) is 0 Å². The number of amides is 1. The van der Waals surface area contributed by atoms with Crippen molar-refractivity contribution in [3.8, 4) is 22.8 Å². The summed E-state index contributed by atoms with van der Waals surface area (Å²) in [6, 6.07) is 17.7. The van der Waals surface area contributed by atoms with Gasteiger partial charge in [-0.1, -0.05) is 24.3 Å². The van der Waals surface area contributed by atoms with Crippen molar-refractivity contribution in [3.05, 3.63) is 73.1 Å². The fourth-order valence-electron chi connectivity index (χ4n) is 5.09. The minimum absolute atomic E-state index is 0.00167. The van der Waals surface area contributed by atoms with Gasteiger partial charge in [-0.25, -0.2) is 14.6 Å². The summed E-state index contributed by atoms with van der Waals surface area (Å²) in [5.41, 5.74) is 8.57. The Morgan fingerprint density at radius 3 is 2.72 bits per heavy atom. The van der Waals surface area contributed by atoms with Gasteiger partial charge in [-0.15, -0.1) is 0 Å². The van der Waals surface area contributed by atoms with Crippen LogP contribution in [-0.2, 0) is 9.53 Å². The van der Waals surface area contributed by atoms with Crippen LogP contribution in [0.25, 0.3) is 22.3 Å². The van der Waals surface area contributed by atoms with Gasteiger partial charge in [0, 0.05) is 43.9 Å². The molecular weight excluding hydrogens is 494 g/mol. The van der Waals surface area contributed by atoms with E-state index in [1.165, 1.54) is 6.33 Å². The Morgan fingerprint density at radius 2 is 1.92 bits per heavy atom. The number of nitrogens with zero attached hydrogens (tertiary/aromatic N) is 5. The van der Waals surface area contributed by atoms with E-state index in [2.05, 4.69) is 15.3 Å². The zero-order valence-electron chi connectivity index (χ0n) is 21.6. The van der Waals surface area contributed by atoms with Crippen LogP contribution >= 0.6 is 0 Å². The lowest BCUT2D eigenvalue weighted by Gasteiger charge is -2.15. The summed E-state index contributed by atoms with van der Waals surface area (Å²) in [5, 5.41) is 9.04. The average molecular weight is 526 g/mol. The number of nitrogens with two attached hydrogens (primary N) is 1. The molecule has 4 aromatic rings. The number of carbonyl (C=O) groups excluding carboxylic acids is 1. The third-order valence-electron chi connectivity index (χ3n) is 7.16. The molecule has 200 valence electrons. The standard InChI is InChI=1S/C29H31N7O3/c30-28-26-27(20-8-10-24(11-9-20)39-23-5-2-1-3-6-23)34-36(29(26)33-19-32-28)22-12-15-35(17-22)25(37)7-4-14-31-21-13-16-38-18-21/h1-11,19,21-22,31H,12-18H2,(H2,30,32,33)/b7-4+/t21-,22-/m1/s1. The number of aromatic nitrogens is 4. The average Bonchev–Trinajstić information content (AvgIpc) is 3.73. The Kier molecular flexibility index (Phi) is 7.20. The normalized spacial score (nSPS) is 19.3. The number of benzene rings is 2. The van der Waals surface area contributed by atoms with E-state index < -0.39 is 0 Å². The van der Waals surface area contributed by atoms with Crippen molar-refractivity contribution in [2.45, 2.75) is 24.9 Å². The third-order valence-corrected chi connectivity index (χ3v) is 7.16. The Bertz CT molecular complexity index is 1460. The van der Waals surface area contributed by atoms with E-state index in [9.17, 15) is 4.79 Å². The summed E-state index contributed by atoms with van der Waals surface area (Å²) < 4.78 is 13.2. The molecule has 2 aromatic heterocycles. The van der Waals surface area contributed by atoms with Crippen molar-refractivity contribution < 1.29 is 14.3 Å². The van der Waals surface area contributed by atoms with E-state index in [0.29, 0.717) is 48.2 Å². The maximum Gasteiger partial charge on any atom is 0.246 e. The van der Waals surface area contributed by atoms with Crippen LogP contribution in [0.2, 0.25) is 0 Å². The molecule has 2 aliphatic rings. The first-order valence-corrected chi connectivity index (χ1v) is 13.2. The summed E-state index contributed by atoms with van der Waals surface area (Å²) in [4.78, 5) is 23.4. The number of likely N-dealkylation sites (tertiary alicyclic amines) is 1. The van der Waals surface area contributed by atoms with Crippen LogP contribution in [-0.4, -0.2) is 69.4 Å². The third kappa shape index (κ3) is 5.47. The van der Waals surface area contributed by atoms with Gasteiger partial charge in [0.05, 0.1) is 18.0 Å². The zero-order valence-corrected chi connectivity index (χ0v) is 21.6. The number of nitrogen functional groups attached to an aromatic ring is 1. The number of ether oxygens (including phenoxy) is 2. The Hall–Kier alpha value is -4.28. The number of carbonyl (C=O) groups is 1. The van der Waals surface area contributed by atoms with Crippen LogP contribution in [0.5, 0.6) is 11.5 Å². The van der Waals surface area contributed by atoms with Gasteiger partial charge in [0.25, 0.3) is 0 Å². The molecule has 10 nitrogen and oxygen atoms in total. The summed E-state index contributed by atoms with van der Waals surface area (Å²) in [5.74, 6) is 1.87. The SMILES string of the molecule is Nc1ncnc2c1c(-c1ccc(Oc3ccccc3)cc1)nn2[C@@H]1CCN(C(=O)/C=C/CN[C@@H]2CCOC2)C1. The molecule has 2 aromatic carbocycles. The van der Waals surface area contributed by atoms with E-state index in [-0.39, 0.29) is 11.9 Å². The molecular formula is C29H31N7O3. The first-order chi connectivity index (χ1) is 19.2. The van der Waals surface area contributed by atoms with Crippen LogP contribution in [0.1, 0.15) is 18.9 Å². The monoisotopic (exact) mass is 525 g/mol. The second-order valence-corrected chi connectivity index (χ2v) is 9.79.